The Morgan fingerprint density at radius 2 is 1.68 bits per heavy atom. The van der Waals surface area contributed by atoms with Gasteiger partial charge in [0.1, 0.15) is 30.5 Å². The maximum Gasteiger partial charge on any atom is 0.189 e. The van der Waals surface area contributed by atoms with Crippen LogP contribution in [-0.2, 0) is 23.7 Å². The summed E-state index contributed by atoms with van der Waals surface area (Å²) in [5.41, 5.74) is 11.9. The van der Waals surface area contributed by atoms with Crippen LogP contribution in [0.5, 0.6) is 0 Å². The van der Waals surface area contributed by atoms with E-state index in [9.17, 15) is 25.5 Å². The van der Waals surface area contributed by atoms with Crippen LogP contribution in [0.4, 0.5) is 0 Å². The van der Waals surface area contributed by atoms with Gasteiger partial charge in [0.2, 0.25) is 0 Å². The van der Waals surface area contributed by atoms with Crippen molar-refractivity contribution in [3.05, 3.63) is 0 Å². The third-order valence-corrected chi connectivity index (χ3v) is 7.76. The van der Waals surface area contributed by atoms with E-state index >= 15 is 0 Å². The fourth-order valence-corrected chi connectivity index (χ4v) is 5.74. The van der Waals surface area contributed by atoms with Gasteiger partial charge >= 0.3 is 0 Å². The van der Waals surface area contributed by atoms with Gasteiger partial charge in [-0.25, -0.2) is 0 Å². The van der Waals surface area contributed by atoms with Gasteiger partial charge in [-0.1, -0.05) is 0 Å². The van der Waals surface area contributed by atoms with Crippen molar-refractivity contribution in [3.63, 3.8) is 0 Å². The predicted molar refractivity (Wildman–Crippen MR) is 128 cm³/mol. The van der Waals surface area contributed by atoms with Crippen LogP contribution in [0.25, 0.3) is 0 Å². The quantitative estimate of drug-likeness (QED) is 0.136. The molecule has 1 saturated carbocycles. The molecule has 0 bridgehead atoms. The number of aliphatic hydroxyl groups is 5. The summed E-state index contributed by atoms with van der Waals surface area (Å²) >= 11 is 0. The van der Waals surface area contributed by atoms with E-state index < -0.39 is 86.3 Å². The minimum absolute atomic E-state index is 0.173. The van der Waals surface area contributed by atoms with Gasteiger partial charge in [0.05, 0.1) is 43.0 Å². The Morgan fingerprint density at radius 1 is 0.892 bits per heavy atom. The molecule has 11 N–H and O–H groups in total. The highest BCUT2D eigenvalue weighted by molar-refractivity contribution is 5.00. The number of hydrogen-bond donors (Lipinski definition) is 9. The highest BCUT2D eigenvalue weighted by Gasteiger charge is 2.53. The maximum absolute atomic E-state index is 11.2. The van der Waals surface area contributed by atoms with Crippen LogP contribution in [0.15, 0.2) is 0 Å². The second kappa shape index (κ2) is 13.2. The summed E-state index contributed by atoms with van der Waals surface area (Å²) in [6.07, 6.45) is -6.60. The summed E-state index contributed by atoms with van der Waals surface area (Å²) in [6, 6.07) is -2.06. The molecule has 1 aliphatic carbocycles. The smallest absolute Gasteiger partial charge is 0.189 e. The zero-order valence-electron chi connectivity index (χ0n) is 21.2. The molecule has 14 heteroatoms. The van der Waals surface area contributed by atoms with Crippen LogP contribution in [0, 0.1) is 0 Å². The van der Waals surface area contributed by atoms with Crippen LogP contribution >= 0.6 is 0 Å². The number of nitrogens with two attached hydrogens (primary N) is 2. The molecule has 3 heterocycles. The molecule has 37 heavy (non-hydrogen) atoms. The lowest BCUT2D eigenvalue weighted by Gasteiger charge is -2.51. The molecule has 0 radical (unpaired) electrons. The number of fused-ring (bicyclic) bond motifs is 1. The number of ether oxygens (including phenoxy) is 5. The van der Waals surface area contributed by atoms with Gasteiger partial charge in [0, 0.05) is 13.1 Å². The first-order valence-electron chi connectivity index (χ1n) is 13.2. The zero-order chi connectivity index (χ0) is 26.7. The molecule has 0 aromatic heterocycles. The van der Waals surface area contributed by atoms with Crippen molar-refractivity contribution in [2.45, 2.75) is 118 Å². The number of aliphatic hydroxyl groups excluding tert-OH is 5. The van der Waals surface area contributed by atoms with E-state index in [1.165, 1.54) is 0 Å². The fourth-order valence-electron chi connectivity index (χ4n) is 5.74. The number of hydrogen-bond acceptors (Lipinski definition) is 14. The third-order valence-electron chi connectivity index (χ3n) is 7.76. The van der Waals surface area contributed by atoms with E-state index in [2.05, 4.69) is 10.6 Å². The summed E-state index contributed by atoms with van der Waals surface area (Å²) in [7, 11) is 1.62. The summed E-state index contributed by atoms with van der Waals surface area (Å²) in [5.74, 6) is 0. The van der Waals surface area contributed by atoms with Crippen LogP contribution in [0.2, 0.25) is 0 Å². The lowest BCUT2D eigenvalue weighted by Crippen LogP contribution is -2.69. The Morgan fingerprint density at radius 3 is 2.35 bits per heavy atom. The highest BCUT2D eigenvalue weighted by Crippen LogP contribution is 2.35. The maximum atomic E-state index is 11.2. The number of likely N-dealkylation sites (N-methyl/N-ethyl adjacent to an activating group) is 1. The molecule has 14 nitrogen and oxygen atoms in total. The van der Waals surface area contributed by atoms with E-state index in [-0.39, 0.29) is 6.10 Å². The largest absolute Gasteiger partial charge is 0.394 e. The second-order valence-electron chi connectivity index (χ2n) is 10.4. The molecule has 3 aliphatic heterocycles. The lowest BCUT2D eigenvalue weighted by atomic mass is 9.90. The van der Waals surface area contributed by atoms with Gasteiger partial charge in [-0.3, -0.25) is 0 Å². The summed E-state index contributed by atoms with van der Waals surface area (Å²) in [6.45, 7) is 0.230. The molecule has 0 amide bonds. The molecule has 3 saturated heterocycles. The first-order valence-corrected chi connectivity index (χ1v) is 13.2. The third kappa shape index (κ3) is 6.61. The Bertz CT molecular complexity index is 708. The van der Waals surface area contributed by atoms with E-state index in [0.29, 0.717) is 25.9 Å². The first kappa shape index (κ1) is 29.4. The SMILES string of the molecule is CNC1C(O[C@H]2OC(CO)[C@@H](NCCN)[C@H](O)C2O)O[C@H]2C[C@H](N)[C@@H](O[C@@H]3CCC[C@@H](O)C3)OC2C1O. The molecule has 0 aromatic rings. The molecule has 6 unspecified atom stereocenters. The van der Waals surface area contributed by atoms with E-state index in [1.54, 1.807) is 7.05 Å². The lowest BCUT2D eigenvalue weighted by molar-refractivity contribution is -0.372. The van der Waals surface area contributed by atoms with Gasteiger partial charge in [0.25, 0.3) is 0 Å². The highest BCUT2D eigenvalue weighted by atomic mass is 16.8. The molecule has 4 fully saturated rings. The van der Waals surface area contributed by atoms with Crippen molar-refractivity contribution in [2.24, 2.45) is 11.5 Å². The van der Waals surface area contributed by atoms with Crippen LogP contribution < -0.4 is 22.1 Å². The predicted octanol–water partition coefficient (Wildman–Crippen LogP) is -4.20. The van der Waals surface area contributed by atoms with Gasteiger partial charge in [-0.15, -0.1) is 0 Å². The van der Waals surface area contributed by atoms with Crippen LogP contribution in [0.3, 0.4) is 0 Å². The number of rotatable bonds is 9. The van der Waals surface area contributed by atoms with Crippen molar-refractivity contribution in [1.82, 2.24) is 10.6 Å². The molecule has 0 spiro atoms. The van der Waals surface area contributed by atoms with Gasteiger partial charge in [0.15, 0.2) is 18.9 Å². The second-order valence-corrected chi connectivity index (χ2v) is 10.4. The molecule has 4 aliphatic rings. The van der Waals surface area contributed by atoms with Crippen molar-refractivity contribution < 1.29 is 49.2 Å². The van der Waals surface area contributed by atoms with Gasteiger partial charge in [-0.2, -0.15) is 0 Å². The van der Waals surface area contributed by atoms with Crippen molar-refractivity contribution in [1.29, 1.82) is 0 Å². The minimum atomic E-state index is -1.46. The first-order chi connectivity index (χ1) is 17.8. The topological polar surface area (TPSA) is 223 Å². The van der Waals surface area contributed by atoms with Gasteiger partial charge < -0.3 is 71.3 Å². The number of nitrogens with one attached hydrogen (secondary N) is 2. The monoisotopic (exact) mass is 536 g/mol. The van der Waals surface area contributed by atoms with Gasteiger partial charge in [-0.05, 0) is 39.2 Å². The Labute approximate surface area is 216 Å². The van der Waals surface area contributed by atoms with Crippen LogP contribution in [-0.4, -0.2) is 138 Å². The Hall–Kier alpha value is -0.560. The van der Waals surface area contributed by atoms with E-state index in [4.69, 9.17) is 35.2 Å². The molecule has 4 rings (SSSR count). The average molecular weight is 537 g/mol. The molecule has 0 aromatic carbocycles. The summed E-state index contributed by atoms with van der Waals surface area (Å²) in [4.78, 5) is 0. The van der Waals surface area contributed by atoms with E-state index in [1.807, 2.05) is 0 Å². The normalized spacial score (nSPS) is 49.0. The molecular formula is C23H44N4O10. The Balaban J connectivity index is 1.40. The molecule has 14 atom stereocenters. The fraction of sp³-hybridized carbons (Fsp3) is 1.00. The van der Waals surface area contributed by atoms with Crippen LogP contribution in [0.1, 0.15) is 32.1 Å². The standard InChI is InChI=1S/C23H44N4O10/c1-26-16-18(31)20-13(8-12(25)21(36-20)33-11-4-2-3-10(29)7-11)34-22(16)37-23-19(32)17(30)15(27-6-5-24)14(9-28)35-23/h10-23,26-32H,2-9,24-25H2,1H3/t10-,11-,12+,13+,14?,15-,16?,17+,18?,19?,20?,21+,22?,23-/m1/s1. The summed E-state index contributed by atoms with van der Waals surface area (Å²) in [5, 5.41) is 58.2. The van der Waals surface area contributed by atoms with Crippen molar-refractivity contribution in [2.75, 3.05) is 26.7 Å². The summed E-state index contributed by atoms with van der Waals surface area (Å²) < 4.78 is 30.0. The minimum Gasteiger partial charge on any atom is -0.394 e. The molecule has 216 valence electrons. The zero-order valence-corrected chi connectivity index (χ0v) is 21.2. The average Bonchev–Trinajstić information content (AvgIpc) is 2.87. The van der Waals surface area contributed by atoms with Crippen molar-refractivity contribution in [3.8, 4) is 0 Å². The van der Waals surface area contributed by atoms with Crippen molar-refractivity contribution >= 4 is 0 Å². The molecular weight excluding hydrogens is 492 g/mol. The van der Waals surface area contributed by atoms with E-state index in [0.717, 1.165) is 19.3 Å². The Kier molecular flexibility index (Phi) is 10.5.